The summed E-state index contributed by atoms with van der Waals surface area (Å²) in [6.45, 7) is 2.45. The highest BCUT2D eigenvalue weighted by atomic mass is 35.5. The number of amides is 1. The molecular weight excluding hydrogens is 301 g/mol. The van der Waals surface area contributed by atoms with Crippen LogP contribution in [0.5, 0.6) is 0 Å². The Kier molecular flexibility index (Phi) is 4.62. The zero-order valence-electron chi connectivity index (χ0n) is 10.8. The molecule has 2 aromatic rings. The summed E-state index contributed by atoms with van der Waals surface area (Å²) in [5.74, 6) is -0.233. The van der Waals surface area contributed by atoms with E-state index in [2.05, 4.69) is 10.3 Å². The van der Waals surface area contributed by atoms with Crippen molar-refractivity contribution < 1.29 is 4.79 Å². The zero-order chi connectivity index (χ0) is 14.7. The van der Waals surface area contributed by atoms with Crippen LogP contribution in [0.15, 0.2) is 23.3 Å². The van der Waals surface area contributed by atoms with Gasteiger partial charge >= 0.3 is 0 Å². The molecule has 0 aliphatic rings. The van der Waals surface area contributed by atoms with Crippen molar-refractivity contribution in [1.82, 2.24) is 14.9 Å². The van der Waals surface area contributed by atoms with E-state index in [-0.39, 0.29) is 18.0 Å². The minimum Gasteiger partial charge on any atom is -0.355 e. The number of aromatic nitrogens is 2. The second-order valence-corrected chi connectivity index (χ2v) is 5.15. The van der Waals surface area contributed by atoms with E-state index in [1.54, 1.807) is 0 Å². The maximum atomic E-state index is 12.3. The van der Waals surface area contributed by atoms with Gasteiger partial charge in [-0.25, -0.2) is 4.98 Å². The van der Waals surface area contributed by atoms with E-state index in [1.807, 2.05) is 6.92 Å². The highest BCUT2D eigenvalue weighted by Crippen LogP contribution is 2.23. The van der Waals surface area contributed by atoms with Crippen LogP contribution in [-0.2, 0) is 11.3 Å². The van der Waals surface area contributed by atoms with Crippen LogP contribution < -0.4 is 10.9 Å². The Morgan fingerprint density at radius 1 is 1.40 bits per heavy atom. The summed E-state index contributed by atoms with van der Waals surface area (Å²) < 4.78 is 1.24. The lowest BCUT2D eigenvalue weighted by atomic mass is 10.2. The Labute approximate surface area is 125 Å². The number of halogens is 2. The number of nitrogens with zero attached hydrogens (tertiary/aromatic N) is 2. The third kappa shape index (κ3) is 3.11. The van der Waals surface area contributed by atoms with Crippen molar-refractivity contribution >= 4 is 40.0 Å². The van der Waals surface area contributed by atoms with Gasteiger partial charge in [0.2, 0.25) is 5.91 Å². The molecule has 1 heterocycles. The summed E-state index contributed by atoms with van der Waals surface area (Å²) in [7, 11) is 0. The zero-order valence-corrected chi connectivity index (χ0v) is 12.3. The minimum atomic E-state index is -0.342. The van der Waals surface area contributed by atoms with E-state index in [1.165, 1.54) is 23.0 Å². The van der Waals surface area contributed by atoms with Crippen LogP contribution in [0.3, 0.4) is 0 Å². The Morgan fingerprint density at radius 2 is 2.15 bits per heavy atom. The van der Waals surface area contributed by atoms with Crippen LogP contribution in [-0.4, -0.2) is 22.0 Å². The van der Waals surface area contributed by atoms with Gasteiger partial charge in [0.15, 0.2) is 0 Å². The van der Waals surface area contributed by atoms with Crippen LogP contribution in [0.2, 0.25) is 10.0 Å². The van der Waals surface area contributed by atoms with Crippen LogP contribution in [0.25, 0.3) is 10.9 Å². The summed E-state index contributed by atoms with van der Waals surface area (Å²) in [4.78, 5) is 28.0. The van der Waals surface area contributed by atoms with Gasteiger partial charge in [-0.2, -0.15) is 0 Å². The lowest BCUT2D eigenvalue weighted by Crippen LogP contribution is -2.32. The van der Waals surface area contributed by atoms with Crippen LogP contribution in [0, 0.1) is 0 Å². The first-order chi connectivity index (χ1) is 9.52. The molecule has 20 heavy (non-hydrogen) atoms. The molecule has 1 aromatic carbocycles. The van der Waals surface area contributed by atoms with Gasteiger partial charge in [0, 0.05) is 11.6 Å². The lowest BCUT2D eigenvalue weighted by molar-refractivity contribution is -0.121. The Morgan fingerprint density at radius 3 is 2.85 bits per heavy atom. The smallest absolute Gasteiger partial charge is 0.261 e. The predicted molar refractivity (Wildman–Crippen MR) is 79.3 cm³/mol. The summed E-state index contributed by atoms with van der Waals surface area (Å²) in [5, 5.41) is 3.67. The maximum absolute atomic E-state index is 12.3. The Bertz CT molecular complexity index is 713. The monoisotopic (exact) mass is 313 g/mol. The van der Waals surface area contributed by atoms with Crippen molar-refractivity contribution in [3.63, 3.8) is 0 Å². The van der Waals surface area contributed by atoms with Gasteiger partial charge < -0.3 is 5.32 Å². The molecule has 0 spiro atoms. The normalized spacial score (nSPS) is 10.8. The van der Waals surface area contributed by atoms with Crippen LogP contribution in [0.4, 0.5) is 0 Å². The number of benzene rings is 1. The number of hydrogen-bond donors (Lipinski definition) is 1. The molecule has 0 fully saturated rings. The molecule has 0 bridgehead atoms. The molecule has 0 atom stereocenters. The molecule has 0 saturated heterocycles. The largest absolute Gasteiger partial charge is 0.355 e. The average Bonchev–Trinajstić information content (AvgIpc) is 2.40. The van der Waals surface area contributed by atoms with E-state index in [0.717, 1.165) is 6.42 Å². The van der Waals surface area contributed by atoms with Crippen molar-refractivity contribution in [3.8, 4) is 0 Å². The molecule has 1 aromatic heterocycles. The lowest BCUT2D eigenvalue weighted by Gasteiger charge is -2.08. The molecule has 106 valence electrons. The molecule has 0 radical (unpaired) electrons. The van der Waals surface area contributed by atoms with Crippen molar-refractivity contribution in [1.29, 1.82) is 0 Å². The fourth-order valence-corrected chi connectivity index (χ4v) is 2.32. The number of nitrogens with one attached hydrogen (secondary N) is 1. The van der Waals surface area contributed by atoms with E-state index < -0.39 is 0 Å². The summed E-state index contributed by atoms with van der Waals surface area (Å²) in [6, 6.07) is 3.02. The SMILES string of the molecule is CCCNC(=O)Cn1cnc2c(Cl)cc(Cl)cc2c1=O. The highest BCUT2D eigenvalue weighted by molar-refractivity contribution is 6.38. The van der Waals surface area contributed by atoms with Gasteiger partial charge in [0.25, 0.3) is 5.56 Å². The average molecular weight is 314 g/mol. The van der Waals surface area contributed by atoms with Gasteiger partial charge in [0.1, 0.15) is 6.54 Å². The topological polar surface area (TPSA) is 64.0 Å². The maximum Gasteiger partial charge on any atom is 0.261 e. The van der Waals surface area contributed by atoms with E-state index in [4.69, 9.17) is 23.2 Å². The third-order valence-electron chi connectivity index (χ3n) is 2.73. The molecule has 1 N–H and O–H groups in total. The summed E-state index contributed by atoms with van der Waals surface area (Å²) in [6.07, 6.45) is 2.15. The second-order valence-electron chi connectivity index (χ2n) is 4.31. The molecule has 0 saturated carbocycles. The number of carbonyl (C=O) groups excluding carboxylic acids is 1. The van der Waals surface area contributed by atoms with Crippen molar-refractivity contribution in [2.24, 2.45) is 0 Å². The Hall–Kier alpha value is -1.59. The molecule has 0 unspecified atom stereocenters. The van der Waals surface area contributed by atoms with Gasteiger partial charge in [-0.15, -0.1) is 0 Å². The molecule has 2 rings (SSSR count). The van der Waals surface area contributed by atoms with E-state index >= 15 is 0 Å². The molecular formula is C13H13Cl2N3O2. The molecule has 5 nitrogen and oxygen atoms in total. The fourth-order valence-electron chi connectivity index (χ4n) is 1.78. The predicted octanol–water partition coefficient (Wildman–Crippen LogP) is 2.23. The standard InChI is InChI=1S/C13H13Cl2N3O2/c1-2-3-16-11(19)6-18-7-17-12-9(13(18)20)4-8(14)5-10(12)15/h4-5,7H,2-3,6H2,1H3,(H,16,19). The second kappa shape index (κ2) is 6.24. The number of carbonyl (C=O) groups is 1. The van der Waals surface area contributed by atoms with Crippen molar-refractivity contribution in [2.75, 3.05) is 6.54 Å². The first-order valence-corrected chi connectivity index (χ1v) is 6.89. The number of rotatable bonds is 4. The fraction of sp³-hybridized carbons (Fsp3) is 0.308. The Balaban J connectivity index is 2.39. The van der Waals surface area contributed by atoms with E-state index in [0.29, 0.717) is 27.5 Å². The molecule has 0 aliphatic heterocycles. The van der Waals surface area contributed by atoms with Gasteiger partial charge in [-0.3, -0.25) is 14.2 Å². The van der Waals surface area contributed by atoms with Gasteiger partial charge in [-0.1, -0.05) is 30.1 Å². The van der Waals surface area contributed by atoms with Gasteiger partial charge in [-0.05, 0) is 18.6 Å². The molecule has 0 aliphatic carbocycles. The minimum absolute atomic E-state index is 0.0775. The van der Waals surface area contributed by atoms with Crippen LogP contribution >= 0.6 is 23.2 Å². The first kappa shape index (κ1) is 14.8. The van der Waals surface area contributed by atoms with Crippen LogP contribution in [0.1, 0.15) is 13.3 Å². The molecule has 7 heteroatoms. The van der Waals surface area contributed by atoms with Crippen molar-refractivity contribution in [2.45, 2.75) is 19.9 Å². The number of fused-ring (bicyclic) bond motifs is 1. The summed E-state index contributed by atoms with van der Waals surface area (Å²) in [5.41, 5.74) is 0.0392. The number of hydrogen-bond acceptors (Lipinski definition) is 3. The first-order valence-electron chi connectivity index (χ1n) is 6.13. The molecule has 1 amide bonds. The summed E-state index contributed by atoms with van der Waals surface area (Å²) >= 11 is 11.9. The van der Waals surface area contributed by atoms with Crippen molar-refractivity contribution in [3.05, 3.63) is 38.9 Å². The third-order valence-corrected chi connectivity index (χ3v) is 3.24. The quantitative estimate of drug-likeness (QED) is 0.941. The highest BCUT2D eigenvalue weighted by Gasteiger charge is 2.10. The van der Waals surface area contributed by atoms with E-state index in [9.17, 15) is 9.59 Å². The van der Waals surface area contributed by atoms with Gasteiger partial charge in [0.05, 0.1) is 22.3 Å².